The van der Waals surface area contributed by atoms with Crippen LogP contribution in [0.4, 0.5) is 0 Å². The summed E-state index contributed by atoms with van der Waals surface area (Å²) in [5, 5.41) is 28.9. The van der Waals surface area contributed by atoms with Gasteiger partial charge in [-0.3, -0.25) is 0 Å². The summed E-state index contributed by atoms with van der Waals surface area (Å²) in [6.07, 6.45) is 0. The van der Waals surface area contributed by atoms with E-state index in [-0.39, 0.29) is 34.0 Å². The van der Waals surface area contributed by atoms with E-state index in [1.807, 2.05) is 0 Å². The number of nitrogens with two attached hydrogens (primary N) is 3. The first-order valence-electron chi connectivity index (χ1n) is 5.18. The van der Waals surface area contributed by atoms with Crippen molar-refractivity contribution in [1.29, 1.82) is 0 Å². The van der Waals surface area contributed by atoms with Crippen LogP contribution in [0.2, 0.25) is 0 Å². The third kappa shape index (κ3) is 22.1. The van der Waals surface area contributed by atoms with E-state index in [1.165, 1.54) is 0 Å². The summed E-state index contributed by atoms with van der Waals surface area (Å²) in [5.41, 5.74) is 14.5. The molecule has 0 aliphatic carbocycles. The van der Waals surface area contributed by atoms with Crippen molar-refractivity contribution in [2.45, 2.75) is 18.1 Å². The fraction of sp³-hybridized carbons (Fsp3) is 0.667. The maximum absolute atomic E-state index is 9.63. The smallest absolute Gasteiger partial charge is 0.791 e. The topological polar surface area (TPSA) is 198 Å². The number of hydrogen-bond acceptors (Lipinski definition) is 12. The second kappa shape index (κ2) is 18.9. The average Bonchev–Trinajstić information content (AvgIpc) is 2.45. The molecule has 0 aromatic rings. The Labute approximate surface area is 154 Å². The summed E-state index contributed by atoms with van der Waals surface area (Å²) in [4.78, 5) is 28.9. The van der Waals surface area contributed by atoms with Crippen LogP contribution in [0.25, 0.3) is 0 Å². The van der Waals surface area contributed by atoms with Gasteiger partial charge in [0, 0.05) is 18.1 Å². The Kier molecular flexibility index (Phi) is 25.6. The van der Waals surface area contributed by atoms with Crippen LogP contribution in [0, 0.1) is 0 Å². The predicted octanol–water partition coefficient (Wildman–Crippen LogP) is -7.17. The molecule has 9 nitrogen and oxygen atoms in total. The van der Waals surface area contributed by atoms with E-state index >= 15 is 0 Å². The van der Waals surface area contributed by atoms with Crippen LogP contribution < -0.4 is 32.5 Å². The molecular formula is C9H15CoN3O6S3-3. The van der Waals surface area contributed by atoms with Crippen LogP contribution in [-0.2, 0) is 69.0 Å². The molecule has 3 atom stereocenters. The van der Waals surface area contributed by atoms with Gasteiger partial charge >= 0.3 is 16.8 Å². The Bertz CT molecular complexity index is 279. The monoisotopic (exact) mass is 416 g/mol. The van der Waals surface area contributed by atoms with Crippen LogP contribution >= 0.6 is 0 Å². The first-order chi connectivity index (χ1) is 9.54. The van der Waals surface area contributed by atoms with Crippen LogP contribution in [0.15, 0.2) is 0 Å². The quantitative estimate of drug-likeness (QED) is 0.346. The summed E-state index contributed by atoms with van der Waals surface area (Å²) in [7, 11) is 0. The number of hydrogen-bond donors (Lipinski definition) is 3. The minimum Gasteiger partial charge on any atom is -0.791 e. The van der Waals surface area contributed by atoms with Gasteiger partial charge in [-0.15, -0.1) is 0 Å². The van der Waals surface area contributed by atoms with E-state index in [1.54, 1.807) is 0 Å². The second-order valence-electron chi connectivity index (χ2n) is 3.28. The van der Waals surface area contributed by atoms with E-state index in [0.717, 1.165) is 0 Å². The predicted molar refractivity (Wildman–Crippen MR) is 75.6 cm³/mol. The summed E-state index contributed by atoms with van der Waals surface area (Å²) >= 11 is 12.9. The third-order valence-corrected chi connectivity index (χ3v) is 2.52. The fourth-order valence-electron chi connectivity index (χ4n) is 0.204. The number of carboxylic acids is 3. The number of carboxylic acid groups (broad SMARTS) is 3. The van der Waals surface area contributed by atoms with Crippen molar-refractivity contribution in [2.24, 2.45) is 17.2 Å². The van der Waals surface area contributed by atoms with Crippen LogP contribution in [0.3, 0.4) is 0 Å². The number of rotatable bonds is 6. The molecule has 0 aliphatic heterocycles. The molecule has 0 unspecified atom stereocenters. The Balaban J connectivity index is -0.000000108. The van der Waals surface area contributed by atoms with Gasteiger partial charge in [0.15, 0.2) is 0 Å². The Morgan fingerprint density at radius 3 is 0.818 bits per heavy atom. The summed E-state index contributed by atoms with van der Waals surface area (Å²) in [6.45, 7) is 0. The van der Waals surface area contributed by atoms with Crippen LogP contribution in [0.5, 0.6) is 0 Å². The molecule has 0 rings (SSSR count). The number of carbonyl (C=O) groups is 3. The van der Waals surface area contributed by atoms with Gasteiger partial charge in [-0.25, -0.2) is 0 Å². The van der Waals surface area contributed by atoms with Gasteiger partial charge in [0.1, 0.15) is 0 Å². The molecule has 0 heterocycles. The Morgan fingerprint density at radius 1 is 0.682 bits per heavy atom. The van der Waals surface area contributed by atoms with Crippen molar-refractivity contribution in [3.05, 3.63) is 0 Å². The summed E-state index contributed by atoms with van der Waals surface area (Å²) in [5.74, 6) is -3.80. The molecule has 0 saturated carbocycles. The van der Waals surface area contributed by atoms with Crippen molar-refractivity contribution in [2.75, 3.05) is 17.3 Å². The minimum atomic E-state index is -1.28. The van der Waals surface area contributed by atoms with Gasteiger partial charge in [0.05, 0.1) is 17.9 Å². The summed E-state index contributed by atoms with van der Waals surface area (Å²) in [6, 6.07) is -2.93. The van der Waals surface area contributed by atoms with E-state index < -0.39 is 36.0 Å². The van der Waals surface area contributed by atoms with Gasteiger partial charge in [0.2, 0.25) is 0 Å². The molecule has 22 heavy (non-hydrogen) atoms. The molecule has 0 amide bonds. The normalized spacial score (nSPS) is 12.8. The molecule has 0 aromatic carbocycles. The molecular weight excluding hydrogens is 401 g/mol. The van der Waals surface area contributed by atoms with Gasteiger partial charge in [-0.05, 0) is 0 Å². The SMILES string of the molecule is N[C@@H](C[S-])C(=O)[O-].N[C@@H](C[S-])C(=O)[O-].N[C@@H](C[S-])C(=O)[O-].[Co+3]. The molecule has 0 aromatic heterocycles. The zero-order valence-electron chi connectivity index (χ0n) is 11.1. The van der Waals surface area contributed by atoms with E-state index in [9.17, 15) is 29.7 Å². The molecule has 0 aliphatic rings. The van der Waals surface area contributed by atoms with Gasteiger partial charge < -0.3 is 84.8 Å². The zero-order chi connectivity index (χ0) is 17.6. The largest absolute Gasteiger partial charge is 3.00 e. The molecule has 13 heteroatoms. The number of carbonyl (C=O) groups excluding carboxylic acids is 3. The second-order valence-corrected chi connectivity index (χ2v) is 4.28. The number of aliphatic carboxylic acids is 3. The van der Waals surface area contributed by atoms with E-state index in [4.69, 9.17) is 17.2 Å². The van der Waals surface area contributed by atoms with Gasteiger partial charge in [-0.1, -0.05) is 0 Å². The Hall–Kier alpha value is -0.154. The van der Waals surface area contributed by atoms with Crippen molar-refractivity contribution < 1.29 is 46.5 Å². The van der Waals surface area contributed by atoms with E-state index in [0.29, 0.717) is 0 Å². The molecule has 0 fully saturated rings. The van der Waals surface area contributed by atoms with Crippen molar-refractivity contribution in [3.63, 3.8) is 0 Å². The summed E-state index contributed by atoms with van der Waals surface area (Å²) < 4.78 is 0. The van der Waals surface area contributed by atoms with Gasteiger partial charge in [0.25, 0.3) is 0 Å². The van der Waals surface area contributed by atoms with Crippen molar-refractivity contribution in [3.8, 4) is 0 Å². The minimum absolute atomic E-state index is 0. The maximum atomic E-state index is 9.63. The van der Waals surface area contributed by atoms with Crippen molar-refractivity contribution in [1.82, 2.24) is 0 Å². The fourth-order valence-corrected chi connectivity index (χ4v) is 0.612. The zero-order valence-corrected chi connectivity index (χ0v) is 14.6. The molecule has 132 valence electrons. The molecule has 6 N–H and O–H groups in total. The van der Waals surface area contributed by atoms with Gasteiger partial charge in [-0.2, -0.15) is 17.3 Å². The average molecular weight is 416 g/mol. The maximum Gasteiger partial charge on any atom is 3.00 e. The first-order valence-corrected chi connectivity index (χ1v) is 6.91. The van der Waals surface area contributed by atoms with E-state index in [2.05, 4.69) is 37.9 Å². The molecule has 0 saturated heterocycles. The first kappa shape index (κ1) is 29.8. The standard InChI is InChI=1S/3C3H7NO2S.Co/c3*4-2(1-7)3(5)6;/h3*2,7H,1,4H2,(H,5,6);/q;;;+3/p-6/t3*2-;/m000./s1. The Morgan fingerprint density at radius 2 is 0.818 bits per heavy atom. The van der Waals surface area contributed by atoms with Crippen molar-refractivity contribution >= 4 is 55.8 Å². The molecule has 0 spiro atoms. The third-order valence-electron chi connectivity index (χ3n) is 1.45. The van der Waals surface area contributed by atoms with Crippen LogP contribution in [0.1, 0.15) is 0 Å². The molecule has 0 radical (unpaired) electrons. The molecule has 0 bridgehead atoms. The van der Waals surface area contributed by atoms with Crippen LogP contribution in [-0.4, -0.2) is 53.3 Å².